The number of hydrogen-bond donors (Lipinski definition) is 2. The van der Waals surface area contributed by atoms with Gasteiger partial charge in [0.05, 0.1) is 17.2 Å². The first-order valence-electron chi connectivity index (χ1n) is 7.99. The predicted molar refractivity (Wildman–Crippen MR) is 100 cm³/mol. The highest BCUT2D eigenvalue weighted by Crippen LogP contribution is 2.28. The Labute approximate surface area is 157 Å². The summed E-state index contributed by atoms with van der Waals surface area (Å²) in [4.78, 5) is 19.6. The van der Waals surface area contributed by atoms with E-state index in [9.17, 15) is 9.18 Å². The summed E-state index contributed by atoms with van der Waals surface area (Å²) < 4.78 is 18.5. The Morgan fingerprint density at radius 1 is 1.15 bits per heavy atom. The summed E-state index contributed by atoms with van der Waals surface area (Å²) in [5.41, 5.74) is 4.52. The Kier molecular flexibility index (Phi) is 4.71. The zero-order chi connectivity index (χ0) is 18.6. The fourth-order valence-electron chi connectivity index (χ4n) is 2.35. The zero-order valence-corrected chi connectivity index (χ0v) is 14.7. The minimum Gasteiger partial charge on any atom is -0.448 e. The van der Waals surface area contributed by atoms with E-state index in [1.54, 1.807) is 12.1 Å². The fraction of sp³-hybridized carbons (Fsp3) is 0. The van der Waals surface area contributed by atoms with Crippen LogP contribution < -0.4 is 5.43 Å². The van der Waals surface area contributed by atoms with Crippen molar-refractivity contribution in [2.24, 2.45) is 5.10 Å². The van der Waals surface area contributed by atoms with Crippen molar-refractivity contribution >= 4 is 34.9 Å². The molecule has 0 bridgehead atoms. The number of rotatable bonds is 5. The van der Waals surface area contributed by atoms with Gasteiger partial charge in [-0.15, -0.1) is 0 Å². The average molecular weight is 380 g/mol. The van der Waals surface area contributed by atoms with E-state index >= 15 is 0 Å². The molecular formula is C19H13FN4O2S. The van der Waals surface area contributed by atoms with Crippen molar-refractivity contribution in [1.82, 2.24) is 15.4 Å². The van der Waals surface area contributed by atoms with Crippen molar-refractivity contribution in [3.05, 3.63) is 77.8 Å². The number of nitrogens with one attached hydrogen (secondary N) is 2. The van der Waals surface area contributed by atoms with Crippen LogP contribution in [-0.4, -0.2) is 22.1 Å². The largest absolute Gasteiger partial charge is 0.448 e. The van der Waals surface area contributed by atoms with Crippen LogP contribution in [0.5, 0.6) is 0 Å². The first-order chi connectivity index (χ1) is 13.2. The number of aromatic amines is 1. The number of amides is 1. The molecule has 1 amide bonds. The number of carbonyl (C=O) groups is 1. The number of benzene rings is 2. The number of carbonyl (C=O) groups excluding carboxylic acids is 1. The van der Waals surface area contributed by atoms with E-state index in [2.05, 4.69) is 20.5 Å². The molecule has 0 fully saturated rings. The molecule has 27 heavy (non-hydrogen) atoms. The molecule has 0 radical (unpaired) electrons. The second-order valence-electron chi connectivity index (χ2n) is 5.52. The number of para-hydroxylation sites is 2. The second-order valence-corrected chi connectivity index (χ2v) is 6.52. The zero-order valence-electron chi connectivity index (χ0n) is 13.8. The molecule has 0 aliphatic rings. The van der Waals surface area contributed by atoms with E-state index in [1.807, 2.05) is 24.3 Å². The quantitative estimate of drug-likeness (QED) is 0.401. The maximum Gasteiger partial charge on any atom is 0.271 e. The van der Waals surface area contributed by atoms with Crippen LogP contribution in [0.25, 0.3) is 11.0 Å². The average Bonchev–Trinajstić information content (AvgIpc) is 3.28. The van der Waals surface area contributed by atoms with Crippen LogP contribution in [0.15, 0.2) is 80.4 Å². The molecule has 2 N–H and O–H groups in total. The van der Waals surface area contributed by atoms with Crippen LogP contribution in [0.1, 0.15) is 16.1 Å². The Balaban J connectivity index is 1.38. The molecule has 2 aromatic heterocycles. The Bertz CT molecular complexity index is 1090. The van der Waals surface area contributed by atoms with Gasteiger partial charge >= 0.3 is 0 Å². The summed E-state index contributed by atoms with van der Waals surface area (Å²) in [7, 11) is 0. The number of fused-ring (bicyclic) bond motifs is 1. The minimum atomic E-state index is -0.435. The predicted octanol–water partition coefficient (Wildman–Crippen LogP) is 4.21. The monoisotopic (exact) mass is 380 g/mol. The van der Waals surface area contributed by atoms with Gasteiger partial charge in [0.1, 0.15) is 11.6 Å². The molecule has 0 atom stereocenters. The van der Waals surface area contributed by atoms with Gasteiger partial charge in [0, 0.05) is 5.56 Å². The summed E-state index contributed by atoms with van der Waals surface area (Å²) in [5, 5.41) is 5.21. The molecule has 134 valence electrons. The molecule has 4 rings (SSSR count). The van der Waals surface area contributed by atoms with E-state index < -0.39 is 11.7 Å². The Hall–Kier alpha value is -3.39. The summed E-state index contributed by atoms with van der Waals surface area (Å²) in [6.45, 7) is 0. The van der Waals surface area contributed by atoms with Gasteiger partial charge in [0.2, 0.25) is 0 Å². The SMILES string of the molecule is O=C(N/N=C/c1ccc(Sc2nc3ccccc3[nH]2)o1)c1ccc(F)cc1. The molecule has 0 aliphatic carbocycles. The van der Waals surface area contributed by atoms with Crippen LogP contribution in [-0.2, 0) is 0 Å². The third kappa shape index (κ3) is 4.06. The number of imidazole rings is 1. The minimum absolute atomic E-state index is 0.314. The first kappa shape index (κ1) is 17.0. The lowest BCUT2D eigenvalue weighted by atomic mass is 10.2. The maximum absolute atomic E-state index is 12.9. The van der Waals surface area contributed by atoms with Crippen molar-refractivity contribution in [2.45, 2.75) is 10.2 Å². The summed E-state index contributed by atoms with van der Waals surface area (Å²) in [6, 6.07) is 16.5. The van der Waals surface area contributed by atoms with Gasteiger partial charge in [0.15, 0.2) is 10.2 Å². The van der Waals surface area contributed by atoms with E-state index in [0.717, 1.165) is 16.2 Å². The topological polar surface area (TPSA) is 83.3 Å². The molecule has 2 heterocycles. The Morgan fingerprint density at radius 3 is 2.78 bits per heavy atom. The van der Waals surface area contributed by atoms with Crippen LogP contribution >= 0.6 is 11.8 Å². The van der Waals surface area contributed by atoms with Crippen LogP contribution in [0.4, 0.5) is 4.39 Å². The van der Waals surface area contributed by atoms with Gasteiger partial charge in [-0.3, -0.25) is 4.79 Å². The highest BCUT2D eigenvalue weighted by atomic mass is 32.2. The van der Waals surface area contributed by atoms with Gasteiger partial charge in [-0.1, -0.05) is 12.1 Å². The molecule has 0 saturated heterocycles. The Morgan fingerprint density at radius 2 is 1.96 bits per heavy atom. The van der Waals surface area contributed by atoms with Crippen molar-refractivity contribution in [1.29, 1.82) is 0 Å². The van der Waals surface area contributed by atoms with Gasteiger partial charge < -0.3 is 9.40 Å². The second kappa shape index (κ2) is 7.46. The molecule has 0 saturated carbocycles. The number of nitrogens with zero attached hydrogens (tertiary/aromatic N) is 2. The fourth-order valence-corrected chi connectivity index (χ4v) is 3.12. The lowest BCUT2D eigenvalue weighted by Gasteiger charge is -1.98. The molecule has 4 aromatic rings. The van der Waals surface area contributed by atoms with Crippen LogP contribution in [0.2, 0.25) is 0 Å². The van der Waals surface area contributed by atoms with E-state index in [-0.39, 0.29) is 0 Å². The smallest absolute Gasteiger partial charge is 0.271 e. The molecule has 6 nitrogen and oxygen atoms in total. The summed E-state index contributed by atoms with van der Waals surface area (Å²) in [5.74, 6) is -0.359. The molecule has 0 aliphatic heterocycles. The van der Waals surface area contributed by atoms with Gasteiger partial charge in [-0.25, -0.2) is 14.8 Å². The molecule has 8 heteroatoms. The van der Waals surface area contributed by atoms with Gasteiger partial charge in [0.25, 0.3) is 5.91 Å². The van der Waals surface area contributed by atoms with Crippen molar-refractivity contribution in [3.8, 4) is 0 Å². The number of aromatic nitrogens is 2. The maximum atomic E-state index is 12.9. The molecule has 0 unspecified atom stereocenters. The summed E-state index contributed by atoms with van der Waals surface area (Å²) >= 11 is 1.35. The first-order valence-corrected chi connectivity index (χ1v) is 8.80. The molecular weight excluding hydrogens is 367 g/mol. The number of hydrazone groups is 1. The van der Waals surface area contributed by atoms with E-state index in [0.29, 0.717) is 16.4 Å². The lowest BCUT2D eigenvalue weighted by Crippen LogP contribution is -2.17. The number of furan rings is 1. The lowest BCUT2D eigenvalue weighted by molar-refractivity contribution is 0.0955. The van der Waals surface area contributed by atoms with Crippen molar-refractivity contribution < 1.29 is 13.6 Å². The van der Waals surface area contributed by atoms with Gasteiger partial charge in [-0.05, 0) is 60.3 Å². The van der Waals surface area contributed by atoms with Crippen LogP contribution in [0.3, 0.4) is 0 Å². The standard InChI is InChI=1S/C19H13FN4O2S/c20-13-7-5-12(6-8-13)18(25)24-21-11-14-9-10-17(26-14)27-19-22-15-3-1-2-4-16(15)23-19/h1-11H,(H,22,23)(H,24,25)/b21-11+. The molecule has 2 aromatic carbocycles. The van der Waals surface area contributed by atoms with E-state index in [1.165, 1.54) is 42.2 Å². The number of hydrogen-bond acceptors (Lipinski definition) is 5. The van der Waals surface area contributed by atoms with Gasteiger partial charge in [-0.2, -0.15) is 5.10 Å². The highest BCUT2D eigenvalue weighted by Gasteiger charge is 2.08. The van der Waals surface area contributed by atoms with E-state index in [4.69, 9.17) is 4.42 Å². The third-order valence-corrected chi connectivity index (χ3v) is 4.44. The molecule has 0 spiro atoms. The normalized spacial score (nSPS) is 11.3. The van der Waals surface area contributed by atoms with Crippen molar-refractivity contribution in [3.63, 3.8) is 0 Å². The summed E-state index contributed by atoms with van der Waals surface area (Å²) in [6.07, 6.45) is 1.39. The highest BCUT2D eigenvalue weighted by molar-refractivity contribution is 7.99. The number of halogens is 1. The van der Waals surface area contributed by atoms with Crippen molar-refractivity contribution in [2.75, 3.05) is 0 Å². The third-order valence-electron chi connectivity index (χ3n) is 3.63. The van der Waals surface area contributed by atoms with Crippen LogP contribution in [0, 0.1) is 5.82 Å². The number of H-pyrrole nitrogens is 1.